The molecule has 1 atom stereocenters. The fourth-order valence-corrected chi connectivity index (χ4v) is 7.17. The summed E-state index contributed by atoms with van der Waals surface area (Å²) in [6.07, 6.45) is 3.99. The number of piperidine rings is 1. The molecule has 2 N–H and O–H groups in total. The zero-order valence-corrected chi connectivity index (χ0v) is 22.6. The van der Waals surface area contributed by atoms with E-state index >= 15 is 0 Å². The molecule has 4 rings (SSSR count). The lowest BCUT2D eigenvalue weighted by atomic mass is 9.99. The van der Waals surface area contributed by atoms with Crippen LogP contribution >= 0.6 is 23.2 Å². The third-order valence-electron chi connectivity index (χ3n) is 5.85. The van der Waals surface area contributed by atoms with Crippen LogP contribution in [0, 0.1) is 5.92 Å². The lowest BCUT2D eigenvalue weighted by molar-refractivity contribution is -0.120. The average molecular weight is 584 g/mol. The van der Waals surface area contributed by atoms with Crippen molar-refractivity contribution >= 4 is 60.5 Å². The van der Waals surface area contributed by atoms with Crippen LogP contribution in [0.25, 0.3) is 0 Å². The van der Waals surface area contributed by atoms with Crippen LogP contribution in [0.4, 0.5) is 11.4 Å². The third kappa shape index (κ3) is 6.99. The second-order valence-corrected chi connectivity index (χ2v) is 13.0. The molecule has 1 aliphatic heterocycles. The summed E-state index contributed by atoms with van der Waals surface area (Å²) in [6.45, 7) is 0.356. The molecule has 2 aromatic carbocycles. The number of hydrogen-bond acceptors (Lipinski definition) is 6. The van der Waals surface area contributed by atoms with Gasteiger partial charge in [0.15, 0.2) is 0 Å². The van der Waals surface area contributed by atoms with Crippen molar-refractivity contribution in [3.05, 3.63) is 82.6 Å². The molecule has 3 aromatic rings. The fourth-order valence-electron chi connectivity index (χ4n) is 3.93. The van der Waals surface area contributed by atoms with Crippen molar-refractivity contribution in [1.82, 2.24) is 9.29 Å². The van der Waals surface area contributed by atoms with E-state index in [9.17, 15) is 21.6 Å². The highest BCUT2D eigenvalue weighted by Crippen LogP contribution is 2.27. The number of nitrogens with one attached hydrogen (secondary N) is 2. The van der Waals surface area contributed by atoms with Crippen molar-refractivity contribution in [2.45, 2.75) is 23.5 Å². The summed E-state index contributed by atoms with van der Waals surface area (Å²) in [7, 11) is -7.54. The first-order valence-corrected chi connectivity index (χ1v) is 15.1. The van der Waals surface area contributed by atoms with Gasteiger partial charge in [0.1, 0.15) is 0 Å². The number of carbonyl (C=O) groups is 1. The van der Waals surface area contributed by atoms with E-state index in [0.29, 0.717) is 41.3 Å². The fraction of sp³-hybridized carbons (Fsp3) is 0.250. The first kappa shape index (κ1) is 27.3. The SMILES string of the molecule is O=C(Nc1ccc(S(=O)(=O)Nc2cccnc2)cc1)C1CCCN(S(=O)(=O)Cc2ccc(Cl)cc2Cl)C1. The average Bonchev–Trinajstić information content (AvgIpc) is 2.86. The number of halogens is 2. The maximum absolute atomic E-state index is 13.0. The van der Waals surface area contributed by atoms with Crippen molar-refractivity contribution < 1.29 is 21.6 Å². The topological polar surface area (TPSA) is 126 Å². The predicted octanol–water partition coefficient (Wildman–Crippen LogP) is 4.37. The Kier molecular flexibility index (Phi) is 8.39. The van der Waals surface area contributed by atoms with E-state index in [-0.39, 0.29) is 28.1 Å². The molecule has 1 amide bonds. The van der Waals surface area contributed by atoms with Gasteiger partial charge in [-0.05, 0) is 66.9 Å². The Labute approximate surface area is 225 Å². The summed E-state index contributed by atoms with van der Waals surface area (Å²) in [5.74, 6) is -1.19. The summed E-state index contributed by atoms with van der Waals surface area (Å²) >= 11 is 12.0. The molecule has 196 valence electrons. The molecule has 0 bridgehead atoms. The van der Waals surface area contributed by atoms with Gasteiger partial charge in [0, 0.05) is 35.0 Å². The lowest BCUT2D eigenvalue weighted by Crippen LogP contribution is -2.44. The van der Waals surface area contributed by atoms with Gasteiger partial charge in [0.25, 0.3) is 10.0 Å². The summed E-state index contributed by atoms with van der Waals surface area (Å²) in [5.41, 5.74) is 1.17. The molecular weight excluding hydrogens is 559 g/mol. The molecular formula is C24H24Cl2N4O5S2. The zero-order chi connectivity index (χ0) is 26.6. The Balaban J connectivity index is 1.38. The van der Waals surface area contributed by atoms with Gasteiger partial charge in [-0.2, -0.15) is 0 Å². The van der Waals surface area contributed by atoms with Crippen LogP contribution in [0.2, 0.25) is 10.0 Å². The van der Waals surface area contributed by atoms with Crippen LogP contribution in [0.3, 0.4) is 0 Å². The summed E-state index contributed by atoms with van der Waals surface area (Å²) < 4.78 is 54.9. The Bertz CT molecular complexity index is 1490. The number of benzene rings is 2. The Morgan fingerprint density at radius 1 is 1.03 bits per heavy atom. The molecule has 0 aliphatic carbocycles. The van der Waals surface area contributed by atoms with Crippen molar-refractivity contribution in [3.8, 4) is 0 Å². The first-order chi connectivity index (χ1) is 17.5. The normalized spacial score (nSPS) is 16.8. The number of rotatable bonds is 8. The second-order valence-electron chi connectivity index (χ2n) is 8.55. The highest BCUT2D eigenvalue weighted by Gasteiger charge is 2.33. The van der Waals surface area contributed by atoms with E-state index in [1.54, 1.807) is 24.3 Å². The monoisotopic (exact) mass is 582 g/mol. The third-order valence-corrected chi connectivity index (χ3v) is 9.63. The molecule has 1 unspecified atom stereocenters. The molecule has 2 heterocycles. The summed E-state index contributed by atoms with van der Waals surface area (Å²) in [4.78, 5) is 16.8. The lowest BCUT2D eigenvalue weighted by Gasteiger charge is -2.31. The van der Waals surface area contributed by atoms with Gasteiger partial charge in [-0.1, -0.05) is 29.3 Å². The number of nitrogens with zero attached hydrogens (tertiary/aromatic N) is 2. The van der Waals surface area contributed by atoms with E-state index in [2.05, 4.69) is 15.0 Å². The van der Waals surface area contributed by atoms with Crippen LogP contribution in [0.1, 0.15) is 18.4 Å². The minimum absolute atomic E-state index is 0.0187. The minimum atomic E-state index is -3.83. The van der Waals surface area contributed by atoms with E-state index in [1.165, 1.54) is 47.0 Å². The van der Waals surface area contributed by atoms with Gasteiger partial charge in [-0.15, -0.1) is 0 Å². The van der Waals surface area contributed by atoms with E-state index in [0.717, 1.165) is 0 Å². The van der Waals surface area contributed by atoms with Crippen LogP contribution in [-0.4, -0.2) is 45.1 Å². The number of pyridine rings is 1. The number of aromatic nitrogens is 1. The van der Waals surface area contributed by atoms with Crippen LogP contribution in [0.15, 0.2) is 71.9 Å². The van der Waals surface area contributed by atoms with Crippen molar-refractivity contribution in [2.24, 2.45) is 5.92 Å². The molecule has 1 aromatic heterocycles. The van der Waals surface area contributed by atoms with Crippen LogP contribution in [0.5, 0.6) is 0 Å². The highest BCUT2D eigenvalue weighted by atomic mass is 35.5. The molecule has 9 nitrogen and oxygen atoms in total. The minimum Gasteiger partial charge on any atom is -0.326 e. The van der Waals surface area contributed by atoms with E-state index < -0.39 is 26.0 Å². The van der Waals surface area contributed by atoms with Gasteiger partial charge < -0.3 is 5.32 Å². The number of sulfonamides is 2. The Morgan fingerprint density at radius 2 is 1.78 bits per heavy atom. The van der Waals surface area contributed by atoms with Crippen LogP contribution in [-0.2, 0) is 30.6 Å². The van der Waals surface area contributed by atoms with Gasteiger partial charge in [0.2, 0.25) is 15.9 Å². The first-order valence-electron chi connectivity index (χ1n) is 11.3. The molecule has 1 aliphatic rings. The Hall–Kier alpha value is -2.70. The molecule has 37 heavy (non-hydrogen) atoms. The maximum Gasteiger partial charge on any atom is 0.261 e. The molecule has 13 heteroatoms. The molecule has 1 fully saturated rings. The van der Waals surface area contributed by atoms with Gasteiger partial charge >= 0.3 is 0 Å². The molecule has 0 spiro atoms. The number of anilines is 2. The van der Waals surface area contributed by atoms with Gasteiger partial charge in [-0.3, -0.25) is 14.5 Å². The van der Waals surface area contributed by atoms with E-state index in [1.807, 2.05) is 0 Å². The van der Waals surface area contributed by atoms with Crippen molar-refractivity contribution in [1.29, 1.82) is 0 Å². The van der Waals surface area contributed by atoms with Crippen molar-refractivity contribution in [3.63, 3.8) is 0 Å². The predicted molar refractivity (Wildman–Crippen MR) is 143 cm³/mol. The quantitative estimate of drug-likeness (QED) is 0.406. The zero-order valence-electron chi connectivity index (χ0n) is 19.5. The van der Waals surface area contributed by atoms with Gasteiger partial charge in [-0.25, -0.2) is 21.1 Å². The van der Waals surface area contributed by atoms with Crippen molar-refractivity contribution in [2.75, 3.05) is 23.1 Å². The van der Waals surface area contributed by atoms with E-state index in [4.69, 9.17) is 23.2 Å². The smallest absolute Gasteiger partial charge is 0.261 e. The largest absolute Gasteiger partial charge is 0.326 e. The van der Waals surface area contributed by atoms with Gasteiger partial charge in [0.05, 0.1) is 28.5 Å². The molecule has 0 radical (unpaired) electrons. The molecule has 0 saturated carbocycles. The standard InChI is InChI=1S/C24H24Cl2N4O5S2/c25-19-6-5-18(23(26)13-19)16-36(32,33)30-12-2-3-17(15-30)24(31)28-20-7-9-22(10-8-20)37(34,35)29-21-4-1-11-27-14-21/h1,4-11,13-14,17,29H,2-3,12,15-16H2,(H,28,31). The Morgan fingerprint density at radius 3 is 2.46 bits per heavy atom. The van der Waals surface area contributed by atoms with Crippen LogP contribution < -0.4 is 10.0 Å². The second kappa shape index (κ2) is 11.4. The highest BCUT2D eigenvalue weighted by molar-refractivity contribution is 7.92. The molecule has 1 saturated heterocycles. The summed E-state index contributed by atoms with van der Waals surface area (Å²) in [5, 5.41) is 3.44. The number of amides is 1. The summed E-state index contributed by atoms with van der Waals surface area (Å²) in [6, 6.07) is 13.6. The maximum atomic E-state index is 13.0. The number of carbonyl (C=O) groups excluding carboxylic acids is 1. The number of hydrogen-bond donors (Lipinski definition) is 2.